The molecule has 0 aliphatic heterocycles. The third kappa shape index (κ3) is 7.25. The number of unbranched alkanes of at least 4 members (excludes halogenated alkanes) is 1. The maximum atomic E-state index is 12.9. The van der Waals surface area contributed by atoms with Gasteiger partial charge < -0.3 is 0 Å². The van der Waals surface area contributed by atoms with Crippen molar-refractivity contribution in [2.75, 3.05) is 0 Å². The van der Waals surface area contributed by atoms with Crippen molar-refractivity contribution in [3.63, 3.8) is 0 Å². The molecule has 0 aromatic heterocycles. The van der Waals surface area contributed by atoms with E-state index in [0.717, 1.165) is 17.5 Å². The maximum Gasteiger partial charge on any atom is 0.276 e. The summed E-state index contributed by atoms with van der Waals surface area (Å²) < 4.78 is 51.4. The molecule has 0 amide bonds. The summed E-state index contributed by atoms with van der Waals surface area (Å²) in [6.45, 7) is 5.72. The Morgan fingerprint density at radius 1 is 0.694 bits per heavy atom. The highest BCUT2D eigenvalue weighted by Gasteiger charge is 2.19. The summed E-state index contributed by atoms with van der Waals surface area (Å²) in [7, 11) is -7.89. The largest absolute Gasteiger partial charge is 0.276 e. The van der Waals surface area contributed by atoms with Gasteiger partial charge in [0.25, 0.3) is 20.0 Å². The van der Waals surface area contributed by atoms with Gasteiger partial charge in [-0.1, -0.05) is 79.1 Å². The van der Waals surface area contributed by atoms with Gasteiger partial charge in [-0.05, 0) is 51.0 Å². The Kier molecular flexibility index (Phi) is 9.00. The Balaban J connectivity index is 2.01. The molecule has 0 saturated carbocycles. The Hall–Kier alpha value is -3.50. The van der Waals surface area contributed by atoms with Gasteiger partial charge in [-0.2, -0.15) is 36.7 Å². The van der Waals surface area contributed by atoms with Crippen LogP contribution in [0.2, 0.25) is 0 Å². The SMILES string of the molecule is CCCCC(=N\NS(=O)(=O)c1ccc(C)cc1)/C(=N/NS(=O)(=O)c1ccc(C)cc1)c1ccccc1. The lowest BCUT2D eigenvalue weighted by Crippen LogP contribution is -2.27. The number of hydrazone groups is 2. The van der Waals surface area contributed by atoms with Crippen LogP contribution in [0.3, 0.4) is 0 Å². The molecule has 0 spiro atoms. The molecule has 8 nitrogen and oxygen atoms in total. The first kappa shape index (κ1) is 27.1. The molecule has 36 heavy (non-hydrogen) atoms. The predicted molar refractivity (Wildman–Crippen MR) is 143 cm³/mol. The Bertz CT molecular complexity index is 1430. The number of hydrogen-bond acceptors (Lipinski definition) is 6. The molecule has 0 aliphatic rings. The number of nitrogens with one attached hydrogen (secondary N) is 2. The van der Waals surface area contributed by atoms with E-state index in [-0.39, 0.29) is 15.5 Å². The van der Waals surface area contributed by atoms with Crippen molar-refractivity contribution in [2.45, 2.75) is 49.8 Å². The van der Waals surface area contributed by atoms with Crippen molar-refractivity contribution in [3.8, 4) is 0 Å². The van der Waals surface area contributed by atoms with E-state index < -0.39 is 20.0 Å². The second-order valence-corrected chi connectivity index (χ2v) is 11.6. The molecule has 3 aromatic rings. The lowest BCUT2D eigenvalue weighted by atomic mass is 10.0. The monoisotopic (exact) mass is 526 g/mol. The van der Waals surface area contributed by atoms with Gasteiger partial charge in [0.05, 0.1) is 15.5 Å². The lowest BCUT2D eigenvalue weighted by Gasteiger charge is -2.13. The lowest BCUT2D eigenvalue weighted by molar-refractivity contribution is 0.582. The summed E-state index contributed by atoms with van der Waals surface area (Å²) in [5.74, 6) is 0. The highest BCUT2D eigenvalue weighted by atomic mass is 32.2. The molecule has 190 valence electrons. The van der Waals surface area contributed by atoms with Crippen LogP contribution in [0, 0.1) is 13.8 Å². The zero-order valence-corrected chi connectivity index (χ0v) is 22.1. The van der Waals surface area contributed by atoms with Gasteiger partial charge in [0, 0.05) is 5.56 Å². The summed E-state index contributed by atoms with van der Waals surface area (Å²) in [6, 6.07) is 21.7. The Morgan fingerprint density at radius 2 is 1.17 bits per heavy atom. The fourth-order valence-corrected chi connectivity index (χ4v) is 4.87. The Labute approximate surface area is 213 Å². The van der Waals surface area contributed by atoms with E-state index in [1.807, 2.05) is 26.8 Å². The summed E-state index contributed by atoms with van der Waals surface area (Å²) in [6.07, 6.45) is 1.90. The average molecular weight is 527 g/mol. The highest BCUT2D eigenvalue weighted by Crippen LogP contribution is 2.14. The fraction of sp³-hybridized carbons (Fsp3) is 0.231. The number of hydrogen-bond donors (Lipinski definition) is 2. The second kappa shape index (κ2) is 12.0. The molecule has 10 heteroatoms. The fourth-order valence-electron chi connectivity index (χ4n) is 3.22. The smallest absolute Gasteiger partial charge is 0.200 e. The third-order valence-corrected chi connectivity index (χ3v) is 7.78. The number of rotatable bonds is 11. The number of aryl methyl sites for hydroxylation is 2. The minimum Gasteiger partial charge on any atom is -0.200 e. The molecular formula is C26H30N4O4S2. The quantitative estimate of drug-likeness (QED) is 0.282. The normalized spacial score (nSPS) is 12.9. The van der Waals surface area contributed by atoms with Crippen molar-refractivity contribution >= 4 is 31.5 Å². The molecule has 0 fully saturated rings. The molecule has 0 atom stereocenters. The summed E-state index contributed by atoms with van der Waals surface area (Å²) in [4.78, 5) is 4.72. The van der Waals surface area contributed by atoms with E-state index in [1.165, 1.54) is 24.3 Å². The first-order valence-corrected chi connectivity index (χ1v) is 14.5. The third-order valence-electron chi connectivity index (χ3n) is 5.33. The van der Waals surface area contributed by atoms with Gasteiger partial charge in [0.1, 0.15) is 5.71 Å². The van der Waals surface area contributed by atoms with Gasteiger partial charge >= 0.3 is 0 Å². The number of nitrogens with zero attached hydrogens (tertiary/aromatic N) is 2. The van der Waals surface area contributed by atoms with Crippen LogP contribution in [0.15, 0.2) is 98.9 Å². The van der Waals surface area contributed by atoms with Crippen LogP contribution in [-0.4, -0.2) is 28.3 Å². The second-order valence-electron chi connectivity index (χ2n) is 8.30. The first-order chi connectivity index (χ1) is 17.1. The predicted octanol–water partition coefficient (Wildman–Crippen LogP) is 4.51. The first-order valence-electron chi connectivity index (χ1n) is 11.5. The minimum atomic E-state index is -3.96. The van der Waals surface area contributed by atoms with Crippen LogP contribution in [0.1, 0.15) is 42.9 Å². The van der Waals surface area contributed by atoms with Crippen molar-refractivity contribution < 1.29 is 16.8 Å². The van der Waals surface area contributed by atoms with Crippen LogP contribution < -0.4 is 9.66 Å². The highest BCUT2D eigenvalue weighted by molar-refractivity contribution is 7.89. The van der Waals surface area contributed by atoms with E-state index in [0.29, 0.717) is 24.1 Å². The van der Waals surface area contributed by atoms with Gasteiger partial charge in [-0.15, -0.1) is 0 Å². The van der Waals surface area contributed by atoms with Crippen molar-refractivity contribution in [1.29, 1.82) is 0 Å². The zero-order chi connectivity index (χ0) is 26.2. The van der Waals surface area contributed by atoms with Gasteiger partial charge in [0.15, 0.2) is 0 Å². The van der Waals surface area contributed by atoms with E-state index in [2.05, 4.69) is 19.9 Å². The summed E-state index contributed by atoms with van der Waals surface area (Å²) >= 11 is 0. The molecule has 0 saturated heterocycles. The standard InChI is InChI=1S/C26H30N4O4S2/c1-4-5-11-25(27-29-35(31,32)23-16-12-20(2)13-17-23)26(22-9-7-6-8-10-22)28-30-36(33,34)24-18-14-21(3)15-19-24/h6-10,12-19,29-30H,4-5,11H2,1-3H3/b27-25+,28-26+. The summed E-state index contributed by atoms with van der Waals surface area (Å²) in [5, 5.41) is 8.42. The van der Waals surface area contributed by atoms with Crippen LogP contribution in [0.5, 0.6) is 0 Å². The maximum absolute atomic E-state index is 12.9. The van der Waals surface area contributed by atoms with Crippen molar-refractivity contribution in [1.82, 2.24) is 9.66 Å². The molecule has 3 rings (SSSR count). The van der Waals surface area contributed by atoms with Crippen LogP contribution in [0.4, 0.5) is 0 Å². The molecule has 0 heterocycles. The molecule has 3 aromatic carbocycles. The van der Waals surface area contributed by atoms with E-state index in [9.17, 15) is 16.8 Å². The Morgan fingerprint density at radius 3 is 1.64 bits per heavy atom. The van der Waals surface area contributed by atoms with Gasteiger partial charge in [-0.25, -0.2) is 0 Å². The number of sulfonamides is 2. The minimum absolute atomic E-state index is 0.0661. The molecule has 2 N–H and O–H groups in total. The molecule has 0 unspecified atom stereocenters. The van der Waals surface area contributed by atoms with E-state index >= 15 is 0 Å². The van der Waals surface area contributed by atoms with E-state index in [1.54, 1.807) is 48.5 Å². The van der Waals surface area contributed by atoms with Gasteiger partial charge in [-0.3, -0.25) is 0 Å². The van der Waals surface area contributed by atoms with Gasteiger partial charge in [0.2, 0.25) is 0 Å². The van der Waals surface area contributed by atoms with E-state index in [4.69, 9.17) is 0 Å². The van der Waals surface area contributed by atoms with Crippen LogP contribution in [-0.2, 0) is 20.0 Å². The molecule has 0 aliphatic carbocycles. The van der Waals surface area contributed by atoms with Crippen LogP contribution >= 0.6 is 0 Å². The zero-order valence-electron chi connectivity index (χ0n) is 20.5. The van der Waals surface area contributed by atoms with Crippen molar-refractivity contribution in [2.24, 2.45) is 10.2 Å². The average Bonchev–Trinajstić information content (AvgIpc) is 2.86. The topological polar surface area (TPSA) is 117 Å². The van der Waals surface area contributed by atoms with Crippen molar-refractivity contribution in [3.05, 3.63) is 95.6 Å². The molecular weight excluding hydrogens is 496 g/mol. The van der Waals surface area contributed by atoms with Crippen LogP contribution in [0.25, 0.3) is 0 Å². The molecule has 0 radical (unpaired) electrons. The summed E-state index contributed by atoms with van der Waals surface area (Å²) in [5.41, 5.74) is 2.99. The number of benzene rings is 3. The molecule has 0 bridgehead atoms.